The summed E-state index contributed by atoms with van der Waals surface area (Å²) in [4.78, 5) is 40.7. The third-order valence-electron chi connectivity index (χ3n) is 3.65. The van der Waals surface area contributed by atoms with Crippen molar-refractivity contribution in [3.05, 3.63) is 24.3 Å². The van der Waals surface area contributed by atoms with Gasteiger partial charge in [-0.05, 0) is 43.3 Å². The molecule has 1 heterocycles. The number of carbonyl (C=O) groups is 3. The first-order valence-electron chi connectivity index (χ1n) is 8.83. The van der Waals surface area contributed by atoms with Crippen molar-refractivity contribution in [2.45, 2.75) is 36.3 Å². The van der Waals surface area contributed by atoms with E-state index in [1.165, 1.54) is 0 Å². The van der Waals surface area contributed by atoms with Gasteiger partial charge in [0.15, 0.2) is 5.16 Å². The van der Waals surface area contributed by atoms with Gasteiger partial charge in [-0.2, -0.15) is 25.8 Å². The van der Waals surface area contributed by atoms with Gasteiger partial charge < -0.3 is 26.9 Å². The summed E-state index contributed by atoms with van der Waals surface area (Å²) in [7, 11) is 0. The topological polar surface area (TPSA) is 164 Å². The maximum Gasteiger partial charge on any atom is 0.490 e. The number of carbonyl (C=O) groups excluding carboxylic acids is 2. The number of nitrogens with two attached hydrogens (primary N) is 2. The molecule has 9 nitrogen and oxygen atoms in total. The lowest BCUT2D eigenvalue weighted by atomic mass is 10.1. The number of aromatic nitrogens is 2. The molecule has 0 saturated heterocycles. The molecule has 1 aromatic heterocycles. The van der Waals surface area contributed by atoms with Crippen LogP contribution in [0.15, 0.2) is 29.4 Å². The molecule has 172 valence electrons. The van der Waals surface area contributed by atoms with Crippen LogP contribution in [0.1, 0.15) is 12.8 Å². The van der Waals surface area contributed by atoms with E-state index in [9.17, 15) is 22.8 Å². The van der Waals surface area contributed by atoms with Crippen LogP contribution in [0.3, 0.4) is 0 Å². The summed E-state index contributed by atoms with van der Waals surface area (Å²) >= 11 is 5.09. The number of thiol groups is 1. The maximum atomic E-state index is 12.4. The molecule has 0 unspecified atom stereocenters. The van der Waals surface area contributed by atoms with Crippen LogP contribution in [0.5, 0.6) is 0 Å². The van der Waals surface area contributed by atoms with Gasteiger partial charge in [0.25, 0.3) is 0 Å². The number of amides is 1. The number of hydrogen-bond donors (Lipinski definition) is 6. The highest BCUT2D eigenvalue weighted by Gasteiger charge is 2.38. The van der Waals surface area contributed by atoms with E-state index in [-0.39, 0.29) is 16.8 Å². The Morgan fingerprint density at radius 2 is 1.90 bits per heavy atom. The van der Waals surface area contributed by atoms with Gasteiger partial charge in [-0.1, -0.05) is 12.1 Å². The summed E-state index contributed by atoms with van der Waals surface area (Å²) in [5, 5.41) is 10.00. The lowest BCUT2D eigenvalue weighted by molar-refractivity contribution is -0.192. The molecule has 1 amide bonds. The molecule has 2 atom stereocenters. The molecule has 0 aliphatic carbocycles. The molecule has 31 heavy (non-hydrogen) atoms. The first kappa shape index (κ1) is 26.7. The highest BCUT2D eigenvalue weighted by molar-refractivity contribution is 8.13. The summed E-state index contributed by atoms with van der Waals surface area (Å²) in [6, 6.07) is 6.08. The van der Waals surface area contributed by atoms with Gasteiger partial charge in [0.1, 0.15) is 6.04 Å². The van der Waals surface area contributed by atoms with Crippen LogP contribution < -0.4 is 16.8 Å². The predicted octanol–water partition coefficient (Wildman–Crippen LogP) is 1.30. The minimum atomic E-state index is -5.08. The Morgan fingerprint density at radius 1 is 1.29 bits per heavy atom. The van der Waals surface area contributed by atoms with E-state index in [0.717, 1.165) is 22.8 Å². The third kappa shape index (κ3) is 9.16. The van der Waals surface area contributed by atoms with Crippen molar-refractivity contribution in [2.75, 3.05) is 12.3 Å². The predicted molar refractivity (Wildman–Crippen MR) is 113 cm³/mol. The van der Waals surface area contributed by atoms with Gasteiger partial charge in [0, 0.05) is 5.75 Å². The highest BCUT2D eigenvalue weighted by Crippen LogP contribution is 2.21. The molecule has 2 rings (SSSR count). The van der Waals surface area contributed by atoms with Crippen molar-refractivity contribution in [1.82, 2.24) is 15.3 Å². The van der Waals surface area contributed by atoms with E-state index in [1.807, 2.05) is 24.3 Å². The van der Waals surface area contributed by atoms with Crippen LogP contribution in [-0.2, 0) is 14.4 Å². The van der Waals surface area contributed by atoms with Gasteiger partial charge in [-0.3, -0.25) is 9.59 Å². The second-order valence-electron chi connectivity index (χ2n) is 6.06. The van der Waals surface area contributed by atoms with E-state index >= 15 is 0 Å². The Hall–Kier alpha value is -2.29. The number of carboxylic acids is 1. The van der Waals surface area contributed by atoms with Gasteiger partial charge >= 0.3 is 12.1 Å². The van der Waals surface area contributed by atoms with Gasteiger partial charge in [0.05, 0.1) is 17.1 Å². The first-order valence-corrected chi connectivity index (χ1v) is 10.3. The highest BCUT2D eigenvalue weighted by atomic mass is 32.2. The van der Waals surface area contributed by atoms with Crippen molar-refractivity contribution in [3.63, 3.8) is 0 Å². The van der Waals surface area contributed by atoms with E-state index < -0.39 is 24.2 Å². The average Bonchev–Trinajstić information content (AvgIpc) is 3.11. The number of alkyl halides is 3. The monoisotopic (exact) mass is 481 g/mol. The molecule has 7 N–H and O–H groups in total. The van der Waals surface area contributed by atoms with Crippen LogP contribution in [0.25, 0.3) is 11.0 Å². The van der Waals surface area contributed by atoms with Gasteiger partial charge in [-0.15, -0.1) is 0 Å². The zero-order valence-corrected chi connectivity index (χ0v) is 17.8. The number of aromatic amines is 1. The van der Waals surface area contributed by atoms with Gasteiger partial charge in [0.2, 0.25) is 11.0 Å². The molecule has 0 bridgehead atoms. The number of nitrogens with one attached hydrogen (secondary N) is 2. The van der Waals surface area contributed by atoms with Crippen molar-refractivity contribution in [2.24, 2.45) is 11.5 Å². The molecule has 1 aromatic carbocycles. The molecule has 2 aromatic rings. The number of halogens is 3. The Labute approximate surface area is 184 Å². The fourth-order valence-electron chi connectivity index (χ4n) is 2.07. The van der Waals surface area contributed by atoms with Crippen LogP contribution in [0, 0.1) is 0 Å². The standard InChI is InChI=1S/C15H21N5O2S2.C2HF3O2/c16-7-3-4-9(17)13(21)18-12(8-23)14(22)24-15-19-10-5-1-2-6-11(10)20-15;3-2(4,5)1(6)7/h1-2,5-6,9,12,23H,3-4,7-8,16-17H2,(H,18,21)(H,19,20);(H,6,7)/t9-,12-;/m1./s1. The number of benzene rings is 1. The minimum absolute atomic E-state index is 0.182. The first-order chi connectivity index (χ1) is 14.5. The zero-order chi connectivity index (χ0) is 23.6. The Balaban J connectivity index is 0.000000592. The van der Waals surface area contributed by atoms with Crippen LogP contribution in [-0.4, -0.2) is 62.6 Å². The Kier molecular flexibility index (Phi) is 10.8. The normalized spacial score (nSPS) is 13.1. The van der Waals surface area contributed by atoms with Crippen molar-refractivity contribution in [3.8, 4) is 0 Å². The number of H-pyrrole nitrogens is 1. The van der Waals surface area contributed by atoms with Crippen LogP contribution >= 0.6 is 24.4 Å². The van der Waals surface area contributed by atoms with E-state index in [4.69, 9.17) is 21.4 Å². The summed E-state index contributed by atoms with van der Waals surface area (Å²) in [5.74, 6) is -2.95. The third-order valence-corrected chi connectivity index (χ3v) is 4.88. The molecule has 0 aliphatic heterocycles. The van der Waals surface area contributed by atoms with Crippen LogP contribution in [0.4, 0.5) is 13.2 Å². The number of fused-ring (bicyclic) bond motifs is 1. The zero-order valence-electron chi connectivity index (χ0n) is 16.1. The van der Waals surface area contributed by atoms with Crippen molar-refractivity contribution < 1.29 is 32.7 Å². The Bertz CT molecular complexity index is 861. The van der Waals surface area contributed by atoms with Crippen molar-refractivity contribution in [1.29, 1.82) is 0 Å². The van der Waals surface area contributed by atoms with E-state index in [0.29, 0.717) is 24.5 Å². The lowest BCUT2D eigenvalue weighted by Crippen LogP contribution is -2.48. The summed E-state index contributed by atoms with van der Waals surface area (Å²) in [6.45, 7) is 0.470. The van der Waals surface area contributed by atoms with E-state index in [2.05, 4.69) is 27.9 Å². The molecule has 14 heteroatoms. The van der Waals surface area contributed by atoms with Crippen LogP contribution in [0.2, 0.25) is 0 Å². The van der Waals surface area contributed by atoms with Gasteiger partial charge in [-0.25, -0.2) is 9.78 Å². The maximum absolute atomic E-state index is 12.4. The SMILES string of the molecule is NCCC[C@@H](N)C(=O)N[C@H](CS)C(=O)Sc1nc2ccccc2[nH]1.O=C(O)C(F)(F)F. The summed E-state index contributed by atoms with van der Waals surface area (Å²) in [6.07, 6.45) is -3.95. The number of para-hydroxylation sites is 2. The van der Waals surface area contributed by atoms with Crippen molar-refractivity contribution >= 4 is 52.4 Å². The molecule has 0 fully saturated rings. The summed E-state index contributed by atoms with van der Waals surface area (Å²) in [5.41, 5.74) is 12.8. The second-order valence-corrected chi connectivity index (χ2v) is 7.42. The molecule has 0 spiro atoms. The largest absolute Gasteiger partial charge is 0.490 e. The number of hydrogen-bond acceptors (Lipinski definition) is 8. The molecular formula is C17H22F3N5O4S2. The number of carboxylic acid groups (broad SMARTS) is 1. The lowest BCUT2D eigenvalue weighted by Gasteiger charge is -2.17. The smallest absolute Gasteiger partial charge is 0.475 e. The molecule has 0 aliphatic rings. The second kappa shape index (κ2) is 12.5. The minimum Gasteiger partial charge on any atom is -0.475 e. The Morgan fingerprint density at radius 3 is 2.42 bits per heavy atom. The quantitative estimate of drug-likeness (QED) is 0.243. The molecule has 0 radical (unpaired) electrons. The fourth-order valence-corrected chi connectivity index (χ4v) is 3.23. The number of aliphatic carboxylic acids is 1. The number of nitrogens with zero attached hydrogens (tertiary/aromatic N) is 1. The summed E-state index contributed by atoms with van der Waals surface area (Å²) < 4.78 is 31.7. The number of rotatable bonds is 8. The van der Waals surface area contributed by atoms with E-state index in [1.54, 1.807) is 0 Å². The molecule has 0 saturated carbocycles. The average molecular weight is 482 g/mol. The number of imidazole rings is 1. The number of thioether (sulfide) groups is 1. The molecular weight excluding hydrogens is 459 g/mol. The fraction of sp³-hybridized carbons (Fsp3) is 0.412.